The van der Waals surface area contributed by atoms with Gasteiger partial charge in [0.1, 0.15) is 0 Å². The first kappa shape index (κ1) is 14.9. The van der Waals surface area contributed by atoms with E-state index in [0.717, 1.165) is 18.7 Å². The topological polar surface area (TPSA) is 82.7 Å². The summed E-state index contributed by atoms with van der Waals surface area (Å²) in [6.07, 6.45) is 1.52. The third kappa shape index (κ3) is 9.30. The maximum absolute atomic E-state index is 8.53. The minimum absolute atomic E-state index is 0.218. The number of aliphatic hydroxyl groups excluding tert-OH is 2. The fraction of sp³-hybridized carbons (Fsp3) is 0.857. The molecule has 0 aliphatic rings. The largest absolute Gasteiger partial charge is 0.443 e. The van der Waals surface area contributed by atoms with Gasteiger partial charge in [-0.2, -0.15) is 5.26 Å². The van der Waals surface area contributed by atoms with Crippen LogP contribution in [0.15, 0.2) is 0 Å². The Hall–Kier alpha value is -0.613. The van der Waals surface area contributed by atoms with Crippen LogP contribution in [0.2, 0.25) is 12.6 Å². The maximum Gasteiger partial charge on any atom is 0.334 e. The molecule has 0 rings (SSSR count). The van der Waals surface area contributed by atoms with Crippen molar-refractivity contribution in [3.05, 3.63) is 0 Å². The highest BCUT2D eigenvalue weighted by Gasteiger charge is 2.27. The third-order valence-electron chi connectivity index (χ3n) is 1.65. The van der Waals surface area contributed by atoms with Gasteiger partial charge in [0.25, 0.3) is 6.26 Å². The van der Waals surface area contributed by atoms with Crippen LogP contribution in [0.1, 0.15) is 6.42 Å². The summed E-state index contributed by atoms with van der Waals surface area (Å²) in [7, 11) is 1.44. The SMILES string of the molecule is CO[Si](C)(CCCO)OC.N#CO. The Morgan fingerprint density at radius 3 is 2.00 bits per heavy atom. The van der Waals surface area contributed by atoms with E-state index in [2.05, 4.69) is 0 Å². The summed E-state index contributed by atoms with van der Waals surface area (Å²) < 4.78 is 10.4. The number of nitriles is 1. The molecule has 0 saturated carbocycles. The van der Waals surface area contributed by atoms with Crippen LogP contribution in [0.4, 0.5) is 0 Å². The van der Waals surface area contributed by atoms with E-state index in [1.54, 1.807) is 14.2 Å². The molecule has 0 spiro atoms. The molecule has 0 aliphatic heterocycles. The van der Waals surface area contributed by atoms with Crippen LogP contribution >= 0.6 is 0 Å². The van der Waals surface area contributed by atoms with Crippen molar-refractivity contribution >= 4 is 8.56 Å². The zero-order valence-electron chi connectivity index (χ0n) is 8.28. The van der Waals surface area contributed by atoms with Crippen molar-refractivity contribution in [1.29, 1.82) is 5.26 Å². The average Bonchev–Trinajstić information content (AvgIpc) is 2.15. The van der Waals surface area contributed by atoms with Crippen molar-refractivity contribution in [2.75, 3.05) is 20.8 Å². The average molecular weight is 207 g/mol. The highest BCUT2D eigenvalue weighted by molar-refractivity contribution is 6.65. The number of rotatable bonds is 5. The molecule has 78 valence electrons. The minimum Gasteiger partial charge on any atom is -0.443 e. The van der Waals surface area contributed by atoms with Gasteiger partial charge in [-0.1, -0.05) is 0 Å². The lowest BCUT2D eigenvalue weighted by atomic mass is 10.5. The predicted molar refractivity (Wildman–Crippen MR) is 49.7 cm³/mol. The molecule has 0 aromatic heterocycles. The second-order valence-corrected chi connectivity index (χ2v) is 6.05. The number of hydrogen-bond donors (Lipinski definition) is 2. The van der Waals surface area contributed by atoms with Gasteiger partial charge in [0.15, 0.2) is 0 Å². The van der Waals surface area contributed by atoms with E-state index in [1.165, 1.54) is 0 Å². The lowest BCUT2D eigenvalue weighted by Gasteiger charge is -2.21. The zero-order chi connectivity index (χ0) is 10.7. The van der Waals surface area contributed by atoms with Gasteiger partial charge in [-0.05, 0) is 19.0 Å². The Morgan fingerprint density at radius 2 is 1.77 bits per heavy atom. The molecule has 5 nitrogen and oxygen atoms in total. The summed E-state index contributed by atoms with van der Waals surface area (Å²) in [4.78, 5) is 0. The van der Waals surface area contributed by atoms with Crippen molar-refractivity contribution in [3.63, 3.8) is 0 Å². The number of aliphatic hydroxyl groups is 2. The van der Waals surface area contributed by atoms with Crippen LogP contribution in [0, 0.1) is 11.5 Å². The first-order valence-electron chi connectivity index (χ1n) is 3.84. The summed E-state index contributed by atoms with van der Waals surface area (Å²) in [6, 6.07) is 0.858. The monoisotopic (exact) mass is 207 g/mol. The molecule has 0 saturated heterocycles. The Balaban J connectivity index is 0. The summed E-state index contributed by atoms with van der Waals surface area (Å²) >= 11 is 0. The molecule has 0 aliphatic carbocycles. The molecule has 0 heterocycles. The summed E-state index contributed by atoms with van der Waals surface area (Å²) in [6.45, 7) is 2.21. The fourth-order valence-electron chi connectivity index (χ4n) is 0.688. The van der Waals surface area contributed by atoms with Crippen LogP contribution < -0.4 is 0 Å². The molecule has 0 radical (unpaired) electrons. The van der Waals surface area contributed by atoms with Gasteiger partial charge < -0.3 is 19.1 Å². The third-order valence-corrected chi connectivity index (χ3v) is 4.64. The van der Waals surface area contributed by atoms with Crippen molar-refractivity contribution in [3.8, 4) is 6.26 Å². The zero-order valence-corrected chi connectivity index (χ0v) is 9.28. The van der Waals surface area contributed by atoms with E-state index in [9.17, 15) is 0 Å². The molecular weight excluding hydrogens is 190 g/mol. The van der Waals surface area contributed by atoms with Gasteiger partial charge in [0, 0.05) is 20.8 Å². The van der Waals surface area contributed by atoms with Gasteiger partial charge >= 0.3 is 8.56 Å². The molecule has 0 fully saturated rings. The molecule has 0 bridgehead atoms. The van der Waals surface area contributed by atoms with E-state index >= 15 is 0 Å². The normalized spacial score (nSPS) is 9.77. The van der Waals surface area contributed by atoms with Gasteiger partial charge in [0.05, 0.1) is 0 Å². The van der Waals surface area contributed by atoms with Crippen LogP contribution in [0.5, 0.6) is 0 Å². The molecule has 0 amide bonds. The van der Waals surface area contributed by atoms with Crippen molar-refractivity contribution in [2.24, 2.45) is 0 Å². The smallest absolute Gasteiger partial charge is 0.334 e. The highest BCUT2D eigenvalue weighted by atomic mass is 28.4. The molecule has 0 unspecified atom stereocenters. The number of hydrogen-bond acceptors (Lipinski definition) is 5. The van der Waals surface area contributed by atoms with Crippen LogP contribution in [0.3, 0.4) is 0 Å². The van der Waals surface area contributed by atoms with Crippen LogP contribution in [-0.4, -0.2) is 39.6 Å². The van der Waals surface area contributed by atoms with E-state index < -0.39 is 8.56 Å². The lowest BCUT2D eigenvalue weighted by Crippen LogP contribution is -2.35. The molecule has 0 aromatic carbocycles. The Kier molecular flexibility index (Phi) is 10.8. The van der Waals surface area contributed by atoms with E-state index in [0.29, 0.717) is 0 Å². The Bertz CT molecular complexity index is 144. The second kappa shape index (κ2) is 9.47. The Labute approximate surface area is 79.8 Å². The molecule has 0 aromatic rings. The fourth-order valence-corrected chi connectivity index (χ4v) is 2.06. The summed E-state index contributed by atoms with van der Waals surface area (Å²) in [5.41, 5.74) is 0. The summed E-state index contributed by atoms with van der Waals surface area (Å²) in [5.74, 6) is 0. The maximum atomic E-state index is 8.53. The minimum atomic E-state index is -1.88. The van der Waals surface area contributed by atoms with Crippen LogP contribution in [0.25, 0.3) is 0 Å². The Morgan fingerprint density at radius 1 is 1.38 bits per heavy atom. The molecule has 0 atom stereocenters. The van der Waals surface area contributed by atoms with E-state index in [4.69, 9.17) is 24.3 Å². The predicted octanol–water partition coefficient (Wildman–Crippen LogP) is 0.574. The standard InChI is InChI=1S/C6H16O3Si.CHNO/c1-8-10(3,9-2)6-4-5-7;2-1-3/h7H,4-6H2,1-3H3;3H. The molecular formula is C7H17NO4Si. The first-order valence-corrected chi connectivity index (χ1v) is 6.37. The van der Waals surface area contributed by atoms with Crippen molar-refractivity contribution in [1.82, 2.24) is 0 Å². The molecule has 6 heteroatoms. The van der Waals surface area contributed by atoms with Crippen LogP contribution in [-0.2, 0) is 8.85 Å². The van der Waals surface area contributed by atoms with Crippen molar-refractivity contribution < 1.29 is 19.1 Å². The van der Waals surface area contributed by atoms with Gasteiger partial charge in [-0.25, -0.2) is 0 Å². The van der Waals surface area contributed by atoms with Gasteiger partial charge in [-0.3, -0.25) is 0 Å². The van der Waals surface area contributed by atoms with Gasteiger partial charge in [-0.15, -0.1) is 0 Å². The number of nitrogens with zero attached hydrogens (tertiary/aromatic N) is 1. The van der Waals surface area contributed by atoms with Crippen molar-refractivity contribution in [2.45, 2.75) is 19.0 Å². The second-order valence-electron chi connectivity index (χ2n) is 2.47. The quantitative estimate of drug-likeness (QED) is 0.509. The first-order chi connectivity index (χ1) is 6.10. The van der Waals surface area contributed by atoms with Gasteiger partial charge in [0.2, 0.25) is 0 Å². The summed E-state index contributed by atoms with van der Waals surface area (Å²) in [5, 5.41) is 22.3. The molecule has 2 N–H and O–H groups in total. The van der Waals surface area contributed by atoms with E-state index in [1.807, 2.05) is 6.55 Å². The molecule has 13 heavy (non-hydrogen) atoms. The highest BCUT2D eigenvalue weighted by Crippen LogP contribution is 2.12. The van der Waals surface area contributed by atoms with E-state index in [-0.39, 0.29) is 6.61 Å². The lowest BCUT2D eigenvalue weighted by molar-refractivity contribution is 0.238.